The smallest absolute Gasteiger partial charge is 0.196 e. The van der Waals surface area contributed by atoms with Crippen LogP contribution in [-0.2, 0) is 17.1 Å². The standard InChI is InChI=1S/C18H17Cl2N3OS/c1-12-3-5-13(6-4-12)11-25-18-22-21-17(10-24-2)23(18)14-7-8-15(19)16(20)9-14/h3-9H,10-11H2,1-2H3. The topological polar surface area (TPSA) is 39.9 Å². The van der Waals surface area contributed by atoms with E-state index in [1.165, 1.54) is 11.1 Å². The van der Waals surface area contributed by atoms with Crippen molar-refractivity contribution in [3.63, 3.8) is 0 Å². The molecule has 0 spiro atoms. The van der Waals surface area contributed by atoms with E-state index in [4.69, 9.17) is 27.9 Å². The van der Waals surface area contributed by atoms with Gasteiger partial charge in [0.05, 0.1) is 15.7 Å². The van der Waals surface area contributed by atoms with Gasteiger partial charge < -0.3 is 4.74 Å². The maximum absolute atomic E-state index is 6.18. The van der Waals surface area contributed by atoms with Gasteiger partial charge in [-0.1, -0.05) is 64.8 Å². The minimum atomic E-state index is 0.359. The fraction of sp³-hybridized carbons (Fsp3) is 0.222. The first-order valence-corrected chi connectivity index (χ1v) is 9.39. The number of halogens is 2. The second-order valence-electron chi connectivity index (χ2n) is 5.54. The molecule has 0 bridgehead atoms. The molecule has 0 amide bonds. The predicted octanol–water partition coefficient (Wildman–Crippen LogP) is 5.32. The van der Waals surface area contributed by atoms with E-state index in [1.54, 1.807) is 24.9 Å². The number of thioether (sulfide) groups is 1. The van der Waals surface area contributed by atoms with Crippen LogP contribution in [0.2, 0.25) is 10.0 Å². The van der Waals surface area contributed by atoms with Crippen LogP contribution in [-0.4, -0.2) is 21.9 Å². The monoisotopic (exact) mass is 393 g/mol. The van der Waals surface area contributed by atoms with E-state index in [9.17, 15) is 0 Å². The van der Waals surface area contributed by atoms with E-state index in [2.05, 4.69) is 41.4 Å². The Balaban J connectivity index is 1.90. The van der Waals surface area contributed by atoms with Crippen LogP contribution < -0.4 is 0 Å². The van der Waals surface area contributed by atoms with Crippen molar-refractivity contribution in [1.82, 2.24) is 14.8 Å². The summed E-state index contributed by atoms with van der Waals surface area (Å²) in [5.41, 5.74) is 3.33. The second kappa shape index (κ2) is 8.23. The Labute approximate surface area is 161 Å². The minimum absolute atomic E-state index is 0.359. The highest BCUT2D eigenvalue weighted by atomic mass is 35.5. The zero-order valence-electron chi connectivity index (χ0n) is 13.9. The molecule has 7 heteroatoms. The molecule has 1 heterocycles. The highest BCUT2D eigenvalue weighted by Gasteiger charge is 2.15. The summed E-state index contributed by atoms with van der Waals surface area (Å²) >= 11 is 13.8. The van der Waals surface area contributed by atoms with Gasteiger partial charge in [-0.05, 0) is 30.7 Å². The van der Waals surface area contributed by atoms with Crippen LogP contribution in [0.5, 0.6) is 0 Å². The lowest BCUT2D eigenvalue weighted by atomic mass is 10.2. The maximum Gasteiger partial charge on any atom is 0.196 e. The lowest BCUT2D eigenvalue weighted by Crippen LogP contribution is -2.04. The molecule has 0 fully saturated rings. The van der Waals surface area contributed by atoms with Crippen molar-refractivity contribution in [2.45, 2.75) is 24.4 Å². The first-order chi connectivity index (χ1) is 12.1. The minimum Gasteiger partial charge on any atom is -0.377 e. The van der Waals surface area contributed by atoms with Gasteiger partial charge in [-0.15, -0.1) is 10.2 Å². The molecule has 0 aliphatic heterocycles. The van der Waals surface area contributed by atoms with Crippen LogP contribution in [0.1, 0.15) is 17.0 Å². The van der Waals surface area contributed by atoms with Gasteiger partial charge in [0.15, 0.2) is 11.0 Å². The molecule has 2 aromatic carbocycles. The number of aromatic nitrogens is 3. The molecule has 0 saturated heterocycles. The number of ether oxygens (including phenoxy) is 1. The average molecular weight is 394 g/mol. The Morgan fingerprint density at radius 2 is 1.80 bits per heavy atom. The quantitative estimate of drug-likeness (QED) is 0.531. The molecule has 0 N–H and O–H groups in total. The molecular formula is C18H17Cl2N3OS. The van der Waals surface area contributed by atoms with Crippen LogP contribution in [0, 0.1) is 6.92 Å². The summed E-state index contributed by atoms with van der Waals surface area (Å²) in [5, 5.41) is 10.4. The van der Waals surface area contributed by atoms with E-state index >= 15 is 0 Å². The Hall–Kier alpha value is -1.53. The van der Waals surface area contributed by atoms with Gasteiger partial charge in [0, 0.05) is 12.9 Å². The lowest BCUT2D eigenvalue weighted by Gasteiger charge is -2.11. The molecule has 0 saturated carbocycles. The van der Waals surface area contributed by atoms with Crippen molar-refractivity contribution in [3.05, 3.63) is 69.5 Å². The first-order valence-electron chi connectivity index (χ1n) is 7.65. The van der Waals surface area contributed by atoms with Gasteiger partial charge >= 0.3 is 0 Å². The van der Waals surface area contributed by atoms with Crippen LogP contribution in [0.3, 0.4) is 0 Å². The van der Waals surface area contributed by atoms with Gasteiger partial charge in [-0.2, -0.15) is 0 Å². The van der Waals surface area contributed by atoms with Crippen molar-refractivity contribution in [3.8, 4) is 5.69 Å². The predicted molar refractivity (Wildman–Crippen MR) is 103 cm³/mol. The summed E-state index contributed by atoms with van der Waals surface area (Å²) < 4.78 is 7.19. The van der Waals surface area contributed by atoms with Crippen molar-refractivity contribution >= 4 is 35.0 Å². The first kappa shape index (κ1) is 18.3. The van der Waals surface area contributed by atoms with Crippen LogP contribution >= 0.6 is 35.0 Å². The van der Waals surface area contributed by atoms with Gasteiger partial charge in [0.25, 0.3) is 0 Å². The third-order valence-electron chi connectivity index (χ3n) is 3.62. The molecule has 0 atom stereocenters. The Morgan fingerprint density at radius 1 is 1.04 bits per heavy atom. The molecule has 3 aromatic rings. The Morgan fingerprint density at radius 3 is 2.48 bits per heavy atom. The molecule has 130 valence electrons. The summed E-state index contributed by atoms with van der Waals surface area (Å²) in [7, 11) is 1.63. The van der Waals surface area contributed by atoms with Crippen molar-refractivity contribution in [1.29, 1.82) is 0 Å². The highest BCUT2D eigenvalue weighted by molar-refractivity contribution is 7.98. The van der Waals surface area contributed by atoms with E-state index in [0.717, 1.165) is 16.6 Å². The lowest BCUT2D eigenvalue weighted by molar-refractivity contribution is 0.176. The van der Waals surface area contributed by atoms with Crippen molar-refractivity contribution in [2.24, 2.45) is 0 Å². The molecule has 4 nitrogen and oxygen atoms in total. The molecule has 1 aromatic heterocycles. The molecular weight excluding hydrogens is 377 g/mol. The van der Waals surface area contributed by atoms with Crippen LogP contribution in [0.25, 0.3) is 5.69 Å². The molecule has 25 heavy (non-hydrogen) atoms. The summed E-state index contributed by atoms with van der Waals surface area (Å²) in [4.78, 5) is 0. The number of rotatable bonds is 6. The number of hydrogen-bond donors (Lipinski definition) is 0. The van der Waals surface area contributed by atoms with E-state index in [-0.39, 0.29) is 0 Å². The van der Waals surface area contributed by atoms with Gasteiger partial charge in [-0.3, -0.25) is 4.57 Å². The van der Waals surface area contributed by atoms with Crippen LogP contribution in [0.15, 0.2) is 47.6 Å². The summed E-state index contributed by atoms with van der Waals surface area (Å²) in [6.07, 6.45) is 0. The van der Waals surface area contributed by atoms with E-state index < -0.39 is 0 Å². The third-order valence-corrected chi connectivity index (χ3v) is 5.36. The molecule has 0 aliphatic carbocycles. The van der Waals surface area contributed by atoms with Crippen molar-refractivity contribution < 1.29 is 4.74 Å². The summed E-state index contributed by atoms with van der Waals surface area (Å²) in [6, 6.07) is 13.9. The fourth-order valence-electron chi connectivity index (χ4n) is 2.33. The van der Waals surface area contributed by atoms with Gasteiger partial charge in [0.1, 0.15) is 6.61 Å². The fourth-order valence-corrected chi connectivity index (χ4v) is 3.55. The summed E-state index contributed by atoms with van der Waals surface area (Å²) in [5.74, 6) is 1.51. The Kier molecular flexibility index (Phi) is 6.02. The molecule has 0 unspecified atom stereocenters. The second-order valence-corrected chi connectivity index (χ2v) is 7.30. The summed E-state index contributed by atoms with van der Waals surface area (Å²) in [6.45, 7) is 2.44. The molecule has 3 rings (SSSR count). The van der Waals surface area contributed by atoms with Gasteiger partial charge in [0.2, 0.25) is 0 Å². The largest absolute Gasteiger partial charge is 0.377 e. The maximum atomic E-state index is 6.18. The number of nitrogens with zero attached hydrogens (tertiary/aromatic N) is 3. The zero-order chi connectivity index (χ0) is 17.8. The number of hydrogen-bond acceptors (Lipinski definition) is 4. The number of aryl methyl sites for hydroxylation is 1. The van der Waals surface area contributed by atoms with Crippen molar-refractivity contribution in [2.75, 3.05) is 7.11 Å². The van der Waals surface area contributed by atoms with Gasteiger partial charge in [-0.25, -0.2) is 0 Å². The number of benzene rings is 2. The van der Waals surface area contributed by atoms with E-state index in [1.807, 2.05) is 16.7 Å². The molecule has 0 aliphatic rings. The highest BCUT2D eigenvalue weighted by Crippen LogP contribution is 2.29. The van der Waals surface area contributed by atoms with Crippen LogP contribution in [0.4, 0.5) is 0 Å². The third kappa shape index (κ3) is 4.36. The SMILES string of the molecule is COCc1nnc(SCc2ccc(C)cc2)n1-c1ccc(Cl)c(Cl)c1. The zero-order valence-corrected chi connectivity index (χ0v) is 16.2. The molecule has 0 radical (unpaired) electrons. The Bertz CT molecular complexity index is 865. The van der Waals surface area contributed by atoms with E-state index in [0.29, 0.717) is 22.5 Å². The average Bonchev–Trinajstić information content (AvgIpc) is 3.00. The normalized spacial score (nSPS) is 11.0. The number of methoxy groups -OCH3 is 1.